The van der Waals surface area contributed by atoms with Gasteiger partial charge in [0, 0.05) is 62.5 Å². The van der Waals surface area contributed by atoms with Gasteiger partial charge in [-0.2, -0.15) is 4.58 Å². The Labute approximate surface area is 348 Å². The van der Waals surface area contributed by atoms with Crippen LogP contribution >= 0.6 is 34.8 Å². The highest BCUT2D eigenvalue weighted by molar-refractivity contribution is 6.33. The average molecular weight is 841 g/mol. The summed E-state index contributed by atoms with van der Waals surface area (Å²) in [5, 5.41) is 2.43. The van der Waals surface area contributed by atoms with Crippen molar-refractivity contribution >= 4 is 51.9 Å². The highest BCUT2D eigenvalue weighted by atomic mass is 79.9. The largest absolute Gasteiger partial charge is 1.00 e. The van der Waals surface area contributed by atoms with Crippen LogP contribution in [0.15, 0.2) is 143 Å². The molecule has 54 heavy (non-hydrogen) atoms. The molecule has 280 valence electrons. The maximum absolute atomic E-state index is 7.32. The maximum Gasteiger partial charge on any atom is 0.209 e. The number of allylic oxidation sites excluding steroid dienone is 8. The second-order valence-corrected chi connectivity index (χ2v) is 17.0. The lowest BCUT2D eigenvalue weighted by molar-refractivity contribution is -0.438. The van der Waals surface area contributed by atoms with Crippen LogP contribution in [0, 0.1) is 0 Å². The fourth-order valence-corrected chi connectivity index (χ4v) is 9.18. The van der Waals surface area contributed by atoms with Crippen LogP contribution in [-0.4, -0.2) is 23.4 Å². The van der Waals surface area contributed by atoms with Crippen molar-refractivity contribution in [2.24, 2.45) is 0 Å². The van der Waals surface area contributed by atoms with E-state index < -0.39 is 0 Å². The predicted octanol–water partition coefficient (Wildman–Crippen LogP) is 10.5. The van der Waals surface area contributed by atoms with Crippen LogP contribution in [0.3, 0.4) is 0 Å². The van der Waals surface area contributed by atoms with Crippen molar-refractivity contribution < 1.29 is 21.6 Å². The van der Waals surface area contributed by atoms with E-state index >= 15 is 0 Å². The van der Waals surface area contributed by atoms with Crippen LogP contribution < -0.4 is 21.9 Å². The van der Waals surface area contributed by atoms with Crippen molar-refractivity contribution in [1.29, 1.82) is 0 Å². The number of hydrogen-bond acceptors (Lipinski definition) is 1. The van der Waals surface area contributed by atoms with E-state index in [1.807, 2.05) is 12.1 Å². The molecule has 2 aliphatic heterocycles. The standard InChI is InChI=1S/C48H50Cl3N2.BrH/c1-47(2)40-32-38(49)24-26-42(40)52(30-12-18-34-14-7-5-8-15-34)44(47)28-22-36-20-11-21-37(46(36)51)23-29-45-48(3,4)41-33-39(50)25-27-43(41)53(45)31-13-19-35-16-9-6-10-17-35;/h5-10,14-17,22-29,32-33H,11-13,18-21,30-31H2,1-4H3;1H/q+1;/p-1. The Morgan fingerprint density at radius 1 is 0.685 bits per heavy atom. The maximum atomic E-state index is 7.32. The van der Waals surface area contributed by atoms with Crippen LogP contribution in [-0.2, 0) is 23.7 Å². The number of hydrogen-bond donors (Lipinski definition) is 0. The van der Waals surface area contributed by atoms with E-state index in [9.17, 15) is 0 Å². The molecule has 0 aromatic heterocycles. The molecule has 0 unspecified atom stereocenters. The summed E-state index contributed by atoms with van der Waals surface area (Å²) in [5.74, 6) is 0. The first-order valence-electron chi connectivity index (χ1n) is 19.1. The number of rotatable bonds is 11. The van der Waals surface area contributed by atoms with Crippen molar-refractivity contribution in [1.82, 2.24) is 0 Å². The molecule has 0 amide bonds. The molecule has 0 atom stereocenters. The monoisotopic (exact) mass is 838 g/mol. The smallest absolute Gasteiger partial charge is 0.209 e. The highest BCUT2D eigenvalue weighted by Crippen LogP contribution is 2.49. The van der Waals surface area contributed by atoms with E-state index in [0.717, 1.165) is 73.1 Å². The Kier molecular flexibility index (Phi) is 12.9. The lowest BCUT2D eigenvalue weighted by atomic mass is 9.81. The van der Waals surface area contributed by atoms with Crippen LogP contribution in [0.2, 0.25) is 10.0 Å². The molecular weight excluding hydrogens is 791 g/mol. The van der Waals surface area contributed by atoms with E-state index in [-0.39, 0.29) is 27.8 Å². The number of aryl methyl sites for hydroxylation is 2. The third kappa shape index (κ3) is 8.41. The van der Waals surface area contributed by atoms with Gasteiger partial charge >= 0.3 is 0 Å². The zero-order valence-corrected chi connectivity index (χ0v) is 35.7. The van der Waals surface area contributed by atoms with Crippen molar-refractivity contribution in [3.05, 3.63) is 176 Å². The summed E-state index contributed by atoms with van der Waals surface area (Å²) >= 11 is 20.4. The molecule has 7 rings (SSSR count). The quantitative estimate of drug-likeness (QED) is 0.136. The van der Waals surface area contributed by atoms with Gasteiger partial charge in [0.25, 0.3) is 0 Å². The van der Waals surface area contributed by atoms with Gasteiger partial charge in [-0.1, -0.05) is 121 Å². The minimum absolute atomic E-state index is 0. The fourth-order valence-electron chi connectivity index (χ4n) is 8.52. The summed E-state index contributed by atoms with van der Waals surface area (Å²) in [4.78, 5) is 2.50. The molecule has 4 aromatic rings. The Balaban J connectivity index is 0.00000497. The number of anilines is 1. The summed E-state index contributed by atoms with van der Waals surface area (Å²) in [6.07, 6.45) is 16.4. The minimum Gasteiger partial charge on any atom is -1.00 e. The topological polar surface area (TPSA) is 6.25 Å². The molecule has 3 aliphatic rings. The van der Waals surface area contributed by atoms with Gasteiger partial charge in [0.2, 0.25) is 5.69 Å². The van der Waals surface area contributed by atoms with E-state index in [4.69, 9.17) is 34.8 Å². The third-order valence-corrected chi connectivity index (χ3v) is 12.4. The first-order chi connectivity index (χ1) is 25.5. The fraction of sp³-hybridized carbons (Fsp3) is 0.312. The molecule has 2 nitrogen and oxygen atoms in total. The van der Waals surface area contributed by atoms with Crippen molar-refractivity contribution in [2.75, 3.05) is 18.0 Å². The van der Waals surface area contributed by atoms with Gasteiger partial charge in [-0.25, -0.2) is 0 Å². The van der Waals surface area contributed by atoms with Gasteiger partial charge in [-0.3, -0.25) is 0 Å². The van der Waals surface area contributed by atoms with Gasteiger partial charge in [-0.15, -0.1) is 0 Å². The molecule has 0 saturated heterocycles. The zero-order chi connectivity index (χ0) is 37.2. The second kappa shape index (κ2) is 17.2. The van der Waals surface area contributed by atoms with Crippen molar-refractivity contribution in [3.63, 3.8) is 0 Å². The Morgan fingerprint density at radius 3 is 2.00 bits per heavy atom. The van der Waals surface area contributed by atoms with Crippen LogP contribution in [0.5, 0.6) is 0 Å². The SMILES string of the molecule is CC1(C)C(/C=C/C2=C(Cl)C(=C/C=C3/N(CCCc4ccccc4)c4ccc(Cl)cc4C3(C)C)/CCC2)=[N+](CCCc2ccccc2)c2ccc(Cl)cc21.[Br-]. The lowest BCUT2D eigenvalue weighted by Gasteiger charge is -2.27. The molecule has 0 fully saturated rings. The lowest BCUT2D eigenvalue weighted by Crippen LogP contribution is -3.00. The third-order valence-electron chi connectivity index (χ3n) is 11.4. The first kappa shape index (κ1) is 40.3. The zero-order valence-electron chi connectivity index (χ0n) is 31.8. The summed E-state index contributed by atoms with van der Waals surface area (Å²) in [5.41, 5.74) is 12.4. The Hall–Kier alpha value is -3.34. The molecule has 0 radical (unpaired) electrons. The number of halogens is 4. The van der Waals surface area contributed by atoms with Gasteiger partial charge in [0.15, 0.2) is 5.71 Å². The van der Waals surface area contributed by atoms with Crippen LogP contribution in [0.1, 0.15) is 82.1 Å². The molecule has 0 spiro atoms. The molecule has 1 aliphatic carbocycles. The Morgan fingerprint density at radius 2 is 1.31 bits per heavy atom. The first-order valence-corrected chi connectivity index (χ1v) is 20.3. The number of nitrogens with zero attached hydrogens (tertiary/aromatic N) is 2. The summed E-state index contributed by atoms with van der Waals surface area (Å²) in [6, 6.07) is 34.2. The molecule has 6 heteroatoms. The minimum atomic E-state index is -0.190. The highest BCUT2D eigenvalue weighted by Gasteiger charge is 2.44. The van der Waals surface area contributed by atoms with E-state index in [1.165, 1.54) is 56.2 Å². The van der Waals surface area contributed by atoms with Gasteiger partial charge in [-0.05, 0) is 117 Å². The molecular formula is C48H50BrCl3N2. The van der Waals surface area contributed by atoms with E-state index in [2.05, 4.69) is 146 Å². The van der Waals surface area contributed by atoms with Crippen molar-refractivity contribution in [3.8, 4) is 0 Å². The summed E-state index contributed by atoms with van der Waals surface area (Å²) in [6.45, 7) is 11.1. The second-order valence-electron chi connectivity index (χ2n) is 15.7. The predicted molar refractivity (Wildman–Crippen MR) is 228 cm³/mol. The van der Waals surface area contributed by atoms with E-state index in [1.54, 1.807) is 0 Å². The molecule has 0 N–H and O–H groups in total. The molecule has 4 aromatic carbocycles. The number of fused-ring (bicyclic) bond motifs is 2. The van der Waals surface area contributed by atoms with Crippen LogP contribution in [0.4, 0.5) is 11.4 Å². The van der Waals surface area contributed by atoms with E-state index in [0.29, 0.717) is 0 Å². The number of benzene rings is 4. The average Bonchev–Trinajstić information content (AvgIpc) is 3.48. The normalized spacial score (nSPS) is 18.8. The summed E-state index contributed by atoms with van der Waals surface area (Å²) < 4.78 is 2.50. The molecule has 0 bridgehead atoms. The van der Waals surface area contributed by atoms with Crippen LogP contribution in [0.25, 0.3) is 0 Å². The summed E-state index contributed by atoms with van der Waals surface area (Å²) in [7, 11) is 0. The molecule has 2 heterocycles. The van der Waals surface area contributed by atoms with Crippen molar-refractivity contribution in [2.45, 2.75) is 83.5 Å². The Bertz CT molecular complexity index is 2140. The molecule has 0 saturated carbocycles. The van der Waals surface area contributed by atoms with Gasteiger partial charge < -0.3 is 21.9 Å². The van der Waals surface area contributed by atoms with Gasteiger partial charge in [0.05, 0.1) is 5.41 Å². The van der Waals surface area contributed by atoms with Gasteiger partial charge in [0.1, 0.15) is 6.54 Å².